The number of pyridine rings is 1. The SMILES string of the molecule is COc1cc(N2CCN(c3cc(=O)n(C)c(=O)[nH]3)CC2=O)ccn1. The third kappa shape index (κ3) is 2.87. The number of piperazine rings is 1. The molecule has 1 fully saturated rings. The Morgan fingerprint density at radius 3 is 2.67 bits per heavy atom. The summed E-state index contributed by atoms with van der Waals surface area (Å²) < 4.78 is 6.05. The van der Waals surface area contributed by atoms with E-state index >= 15 is 0 Å². The fraction of sp³-hybridized carbons (Fsp3) is 0.333. The fourth-order valence-electron chi connectivity index (χ4n) is 2.54. The van der Waals surface area contributed by atoms with Gasteiger partial charge < -0.3 is 14.5 Å². The van der Waals surface area contributed by atoms with E-state index in [1.165, 1.54) is 20.2 Å². The van der Waals surface area contributed by atoms with E-state index in [0.29, 0.717) is 30.5 Å². The molecule has 1 aliphatic heterocycles. The number of H-pyrrole nitrogens is 1. The molecule has 1 aliphatic rings. The maximum Gasteiger partial charge on any atom is 0.329 e. The van der Waals surface area contributed by atoms with Crippen LogP contribution >= 0.6 is 0 Å². The average Bonchev–Trinajstić information content (AvgIpc) is 2.59. The van der Waals surface area contributed by atoms with E-state index in [2.05, 4.69) is 9.97 Å². The number of nitrogens with zero attached hydrogens (tertiary/aromatic N) is 4. The van der Waals surface area contributed by atoms with Gasteiger partial charge in [0.05, 0.1) is 19.3 Å². The van der Waals surface area contributed by atoms with Crippen molar-refractivity contribution >= 4 is 17.4 Å². The van der Waals surface area contributed by atoms with Gasteiger partial charge in [0.15, 0.2) is 0 Å². The molecule has 24 heavy (non-hydrogen) atoms. The Morgan fingerprint density at radius 2 is 2.00 bits per heavy atom. The van der Waals surface area contributed by atoms with Gasteiger partial charge in [0, 0.05) is 38.5 Å². The molecule has 126 valence electrons. The molecule has 0 aromatic carbocycles. The van der Waals surface area contributed by atoms with Crippen molar-refractivity contribution in [2.24, 2.45) is 7.05 Å². The Bertz CT molecular complexity index is 857. The number of methoxy groups -OCH3 is 1. The molecule has 0 spiro atoms. The predicted molar refractivity (Wildman–Crippen MR) is 87.7 cm³/mol. The van der Waals surface area contributed by atoms with Crippen LogP contribution in [-0.2, 0) is 11.8 Å². The lowest BCUT2D eigenvalue weighted by molar-refractivity contribution is -0.117. The van der Waals surface area contributed by atoms with Crippen LogP contribution in [-0.4, -0.2) is 47.2 Å². The molecule has 0 aliphatic carbocycles. The second-order valence-electron chi connectivity index (χ2n) is 5.38. The van der Waals surface area contributed by atoms with Crippen LogP contribution in [0.2, 0.25) is 0 Å². The number of aromatic amines is 1. The summed E-state index contributed by atoms with van der Waals surface area (Å²) in [4.78, 5) is 45.8. The van der Waals surface area contributed by atoms with Crippen LogP contribution < -0.4 is 25.8 Å². The van der Waals surface area contributed by atoms with E-state index in [-0.39, 0.29) is 12.5 Å². The molecule has 0 radical (unpaired) electrons. The minimum atomic E-state index is -0.508. The summed E-state index contributed by atoms with van der Waals surface area (Å²) in [6.45, 7) is 0.969. The third-order valence-electron chi connectivity index (χ3n) is 3.93. The lowest BCUT2D eigenvalue weighted by Gasteiger charge is -2.35. The summed E-state index contributed by atoms with van der Waals surface area (Å²) in [6, 6.07) is 4.74. The first-order chi connectivity index (χ1) is 11.5. The second-order valence-corrected chi connectivity index (χ2v) is 5.38. The zero-order valence-electron chi connectivity index (χ0n) is 13.4. The van der Waals surface area contributed by atoms with Gasteiger partial charge in [0.2, 0.25) is 11.8 Å². The first-order valence-corrected chi connectivity index (χ1v) is 7.35. The predicted octanol–water partition coefficient (Wildman–Crippen LogP) is -0.670. The van der Waals surface area contributed by atoms with Crippen LogP contribution in [0.3, 0.4) is 0 Å². The summed E-state index contributed by atoms with van der Waals surface area (Å²) in [7, 11) is 2.91. The molecule has 1 saturated heterocycles. The van der Waals surface area contributed by atoms with Crippen molar-refractivity contribution in [2.75, 3.05) is 36.5 Å². The summed E-state index contributed by atoms with van der Waals surface area (Å²) in [6.07, 6.45) is 1.58. The van der Waals surface area contributed by atoms with Crippen molar-refractivity contribution in [3.05, 3.63) is 45.2 Å². The molecule has 2 aromatic heterocycles. The highest BCUT2D eigenvalue weighted by Gasteiger charge is 2.26. The van der Waals surface area contributed by atoms with Crippen molar-refractivity contribution in [3.8, 4) is 5.88 Å². The number of amides is 1. The van der Waals surface area contributed by atoms with E-state index in [0.717, 1.165) is 4.57 Å². The highest BCUT2D eigenvalue weighted by molar-refractivity contribution is 5.97. The van der Waals surface area contributed by atoms with Gasteiger partial charge in [-0.3, -0.25) is 19.1 Å². The maximum atomic E-state index is 12.5. The van der Waals surface area contributed by atoms with Gasteiger partial charge in [-0.2, -0.15) is 0 Å². The molecule has 3 heterocycles. The number of carbonyl (C=O) groups excluding carboxylic acids is 1. The number of ether oxygens (including phenoxy) is 1. The van der Waals surface area contributed by atoms with Crippen LogP contribution in [0, 0.1) is 0 Å². The molecule has 0 bridgehead atoms. The molecule has 1 N–H and O–H groups in total. The number of hydrogen-bond acceptors (Lipinski definition) is 6. The molecule has 1 amide bonds. The van der Waals surface area contributed by atoms with E-state index in [4.69, 9.17) is 4.74 Å². The Balaban J connectivity index is 1.81. The molecule has 0 unspecified atom stereocenters. The van der Waals surface area contributed by atoms with Gasteiger partial charge in [-0.15, -0.1) is 0 Å². The van der Waals surface area contributed by atoms with E-state index in [9.17, 15) is 14.4 Å². The fourth-order valence-corrected chi connectivity index (χ4v) is 2.54. The molecular formula is C15H17N5O4. The Morgan fingerprint density at radius 1 is 1.21 bits per heavy atom. The summed E-state index contributed by atoms with van der Waals surface area (Å²) >= 11 is 0. The van der Waals surface area contributed by atoms with E-state index in [1.807, 2.05) is 0 Å². The second kappa shape index (κ2) is 6.19. The highest BCUT2D eigenvalue weighted by atomic mass is 16.5. The number of rotatable bonds is 3. The number of anilines is 2. The van der Waals surface area contributed by atoms with Gasteiger partial charge in [-0.05, 0) is 6.07 Å². The number of nitrogens with one attached hydrogen (secondary N) is 1. The van der Waals surface area contributed by atoms with Gasteiger partial charge in [-0.25, -0.2) is 9.78 Å². The minimum Gasteiger partial charge on any atom is -0.481 e. The van der Waals surface area contributed by atoms with Crippen molar-refractivity contribution < 1.29 is 9.53 Å². The first-order valence-electron chi connectivity index (χ1n) is 7.35. The topological polar surface area (TPSA) is 101 Å². The van der Waals surface area contributed by atoms with Crippen LogP contribution in [0.1, 0.15) is 0 Å². The molecular weight excluding hydrogens is 314 g/mol. The van der Waals surface area contributed by atoms with Crippen molar-refractivity contribution in [1.29, 1.82) is 0 Å². The minimum absolute atomic E-state index is 0.0632. The number of aromatic nitrogens is 3. The van der Waals surface area contributed by atoms with Gasteiger partial charge in [0.25, 0.3) is 5.56 Å². The zero-order valence-corrected chi connectivity index (χ0v) is 13.4. The highest BCUT2D eigenvalue weighted by Crippen LogP contribution is 2.21. The number of carbonyl (C=O) groups is 1. The standard InChI is InChI=1S/C15H17N5O4/c1-18-13(21)8-11(17-15(18)23)19-5-6-20(14(22)9-19)10-3-4-16-12(7-10)24-2/h3-4,7-8H,5-6,9H2,1-2H3,(H,17,23). The molecule has 2 aromatic rings. The van der Waals surface area contributed by atoms with Crippen LogP contribution in [0.5, 0.6) is 5.88 Å². The van der Waals surface area contributed by atoms with Gasteiger partial charge in [0.1, 0.15) is 5.82 Å². The van der Waals surface area contributed by atoms with Crippen molar-refractivity contribution in [3.63, 3.8) is 0 Å². The van der Waals surface area contributed by atoms with Crippen molar-refractivity contribution in [1.82, 2.24) is 14.5 Å². The summed E-state index contributed by atoms with van der Waals surface area (Å²) in [5.41, 5.74) is -0.224. The van der Waals surface area contributed by atoms with Crippen LogP contribution in [0.4, 0.5) is 11.5 Å². The Labute approximate surface area is 137 Å². The molecule has 3 rings (SSSR count). The van der Waals surface area contributed by atoms with Gasteiger partial charge >= 0.3 is 5.69 Å². The normalized spacial score (nSPS) is 14.8. The largest absolute Gasteiger partial charge is 0.481 e. The Hall–Kier alpha value is -3.10. The lowest BCUT2D eigenvalue weighted by Crippen LogP contribution is -2.51. The van der Waals surface area contributed by atoms with Crippen LogP contribution in [0.25, 0.3) is 0 Å². The maximum absolute atomic E-state index is 12.5. The molecule has 9 heteroatoms. The molecule has 9 nitrogen and oxygen atoms in total. The summed E-state index contributed by atoms with van der Waals surface area (Å²) in [5.74, 6) is 0.637. The van der Waals surface area contributed by atoms with E-state index < -0.39 is 11.2 Å². The Kier molecular flexibility index (Phi) is 4.07. The third-order valence-corrected chi connectivity index (χ3v) is 3.93. The summed E-state index contributed by atoms with van der Waals surface area (Å²) in [5, 5.41) is 0. The monoisotopic (exact) mass is 331 g/mol. The van der Waals surface area contributed by atoms with Crippen molar-refractivity contribution in [2.45, 2.75) is 0 Å². The lowest BCUT2D eigenvalue weighted by atomic mass is 10.2. The quantitative estimate of drug-likeness (QED) is 0.801. The number of hydrogen-bond donors (Lipinski definition) is 1. The smallest absolute Gasteiger partial charge is 0.329 e. The van der Waals surface area contributed by atoms with Crippen LogP contribution in [0.15, 0.2) is 34.0 Å². The molecule has 0 saturated carbocycles. The van der Waals surface area contributed by atoms with E-state index in [1.54, 1.807) is 28.1 Å². The van der Waals surface area contributed by atoms with Gasteiger partial charge in [-0.1, -0.05) is 0 Å². The zero-order chi connectivity index (χ0) is 17.3. The average molecular weight is 331 g/mol. The molecule has 0 atom stereocenters. The first kappa shape index (κ1) is 15.8.